The average Bonchev–Trinajstić information content (AvgIpc) is 2.98. The minimum absolute atomic E-state index is 0.0576. The number of nitrogens with one attached hydrogen (secondary N) is 2. The molecule has 3 aromatic rings. The zero-order valence-corrected chi connectivity index (χ0v) is 13.2. The number of carbonyl (C=O) groups excluding carboxylic acids is 1. The number of anilines is 1. The fraction of sp³-hybridized carbons (Fsp3) is 0.167. The summed E-state index contributed by atoms with van der Waals surface area (Å²) in [6, 6.07) is 14.1. The van der Waals surface area contributed by atoms with Crippen LogP contribution in [0, 0.1) is 12.7 Å². The van der Waals surface area contributed by atoms with Crippen molar-refractivity contribution in [3.05, 3.63) is 77.1 Å². The van der Waals surface area contributed by atoms with Gasteiger partial charge in [0, 0.05) is 12.1 Å². The number of H-pyrrole nitrogens is 1. The standard InChI is InChI=1S/C18H17FN4O/c1-12-9-14(19)7-8-15(12)20-18(24)11-17-21-16(22-23-17)10-13-5-3-2-4-6-13/h2-9H,10-11H2,1H3,(H,20,24)(H,21,22,23). The molecule has 6 heteroatoms. The molecule has 0 unspecified atom stereocenters. The molecule has 0 aliphatic heterocycles. The number of aromatic amines is 1. The lowest BCUT2D eigenvalue weighted by atomic mass is 10.1. The molecule has 0 aliphatic carbocycles. The van der Waals surface area contributed by atoms with Crippen LogP contribution in [0.5, 0.6) is 0 Å². The summed E-state index contributed by atoms with van der Waals surface area (Å²) in [5.74, 6) is 0.570. The Labute approximate surface area is 138 Å². The van der Waals surface area contributed by atoms with E-state index in [0.717, 1.165) is 5.56 Å². The van der Waals surface area contributed by atoms with Gasteiger partial charge in [-0.2, -0.15) is 5.10 Å². The number of aryl methyl sites for hydroxylation is 1. The van der Waals surface area contributed by atoms with Crippen LogP contribution >= 0.6 is 0 Å². The van der Waals surface area contributed by atoms with Gasteiger partial charge in [0.25, 0.3) is 0 Å². The zero-order valence-electron chi connectivity index (χ0n) is 13.2. The topological polar surface area (TPSA) is 70.7 Å². The summed E-state index contributed by atoms with van der Waals surface area (Å²) in [6.45, 7) is 1.74. The third-order valence-electron chi connectivity index (χ3n) is 3.57. The lowest BCUT2D eigenvalue weighted by Crippen LogP contribution is -2.16. The predicted octanol–water partition coefficient (Wildman–Crippen LogP) is 3.02. The van der Waals surface area contributed by atoms with Gasteiger partial charge in [-0.15, -0.1) is 0 Å². The van der Waals surface area contributed by atoms with Gasteiger partial charge in [-0.1, -0.05) is 30.3 Å². The van der Waals surface area contributed by atoms with Gasteiger partial charge in [0.1, 0.15) is 11.6 Å². The Kier molecular flexibility index (Phi) is 4.65. The van der Waals surface area contributed by atoms with Crippen molar-refractivity contribution in [2.24, 2.45) is 0 Å². The van der Waals surface area contributed by atoms with Crippen molar-refractivity contribution >= 4 is 11.6 Å². The Hall–Kier alpha value is -3.02. The molecule has 122 valence electrons. The van der Waals surface area contributed by atoms with Crippen molar-refractivity contribution < 1.29 is 9.18 Å². The number of nitrogens with zero attached hydrogens (tertiary/aromatic N) is 2. The maximum absolute atomic E-state index is 13.1. The van der Waals surface area contributed by atoms with Crippen LogP contribution in [0.2, 0.25) is 0 Å². The van der Waals surface area contributed by atoms with Gasteiger partial charge >= 0.3 is 0 Å². The Balaban J connectivity index is 1.61. The normalized spacial score (nSPS) is 10.6. The van der Waals surface area contributed by atoms with Crippen molar-refractivity contribution in [3.63, 3.8) is 0 Å². The second-order valence-electron chi connectivity index (χ2n) is 5.54. The number of rotatable bonds is 5. The fourth-order valence-corrected chi connectivity index (χ4v) is 2.39. The summed E-state index contributed by atoms with van der Waals surface area (Å²) in [5.41, 5.74) is 2.37. The Morgan fingerprint density at radius 3 is 2.75 bits per heavy atom. The number of amides is 1. The molecule has 0 fully saturated rings. The Morgan fingerprint density at radius 2 is 2.00 bits per heavy atom. The van der Waals surface area contributed by atoms with Crippen LogP contribution in [-0.4, -0.2) is 21.1 Å². The molecule has 1 aromatic heterocycles. The highest BCUT2D eigenvalue weighted by Gasteiger charge is 2.11. The minimum Gasteiger partial charge on any atom is -0.325 e. The minimum atomic E-state index is -0.329. The highest BCUT2D eigenvalue weighted by atomic mass is 19.1. The average molecular weight is 324 g/mol. The second kappa shape index (κ2) is 7.04. The lowest BCUT2D eigenvalue weighted by Gasteiger charge is -2.07. The van der Waals surface area contributed by atoms with E-state index in [1.807, 2.05) is 30.3 Å². The second-order valence-corrected chi connectivity index (χ2v) is 5.54. The summed E-state index contributed by atoms with van der Waals surface area (Å²) in [5, 5.41) is 9.67. The number of carbonyl (C=O) groups is 1. The van der Waals surface area contributed by atoms with E-state index in [9.17, 15) is 9.18 Å². The predicted molar refractivity (Wildman–Crippen MR) is 89.1 cm³/mol. The van der Waals surface area contributed by atoms with Crippen molar-refractivity contribution in [3.8, 4) is 0 Å². The summed E-state index contributed by atoms with van der Waals surface area (Å²) in [4.78, 5) is 16.4. The first-order chi connectivity index (χ1) is 11.6. The molecule has 2 aromatic carbocycles. The molecule has 24 heavy (non-hydrogen) atoms. The smallest absolute Gasteiger partial charge is 0.232 e. The highest BCUT2D eigenvalue weighted by molar-refractivity contribution is 5.92. The van der Waals surface area contributed by atoms with Gasteiger partial charge in [-0.3, -0.25) is 9.89 Å². The maximum atomic E-state index is 13.1. The molecule has 1 heterocycles. The molecular formula is C18H17FN4O. The maximum Gasteiger partial charge on any atom is 0.232 e. The molecule has 0 saturated heterocycles. The molecule has 1 amide bonds. The third-order valence-corrected chi connectivity index (χ3v) is 3.57. The number of hydrogen-bond donors (Lipinski definition) is 2. The van der Waals surface area contributed by atoms with E-state index in [1.54, 1.807) is 13.0 Å². The zero-order chi connectivity index (χ0) is 16.9. The molecule has 0 atom stereocenters. The number of aromatic nitrogens is 3. The summed E-state index contributed by atoms with van der Waals surface area (Å²) in [6.07, 6.45) is 0.689. The van der Waals surface area contributed by atoms with E-state index in [1.165, 1.54) is 12.1 Å². The SMILES string of the molecule is Cc1cc(F)ccc1NC(=O)Cc1n[nH]c(Cc2ccccc2)n1. The van der Waals surface area contributed by atoms with Crippen molar-refractivity contribution in [1.82, 2.24) is 15.2 Å². The number of hydrogen-bond acceptors (Lipinski definition) is 3. The van der Waals surface area contributed by atoms with Crippen molar-refractivity contribution in [1.29, 1.82) is 0 Å². The van der Waals surface area contributed by atoms with Crippen LogP contribution in [0.25, 0.3) is 0 Å². The first-order valence-electron chi connectivity index (χ1n) is 7.60. The van der Waals surface area contributed by atoms with E-state index in [4.69, 9.17) is 0 Å². The van der Waals surface area contributed by atoms with E-state index < -0.39 is 0 Å². The molecule has 0 spiro atoms. The quantitative estimate of drug-likeness (QED) is 0.758. The van der Waals surface area contributed by atoms with Gasteiger partial charge in [-0.25, -0.2) is 9.37 Å². The van der Waals surface area contributed by atoms with Crippen LogP contribution in [0.1, 0.15) is 22.8 Å². The van der Waals surface area contributed by atoms with Gasteiger partial charge in [0.2, 0.25) is 5.91 Å². The first kappa shape index (κ1) is 15.9. The molecular weight excluding hydrogens is 307 g/mol. The van der Waals surface area contributed by atoms with E-state index in [2.05, 4.69) is 20.5 Å². The molecule has 5 nitrogen and oxygen atoms in total. The molecule has 0 saturated carbocycles. The van der Waals surface area contributed by atoms with Gasteiger partial charge in [0.15, 0.2) is 5.82 Å². The fourth-order valence-electron chi connectivity index (χ4n) is 2.39. The Morgan fingerprint density at radius 1 is 1.21 bits per heavy atom. The summed E-state index contributed by atoms with van der Waals surface area (Å²) < 4.78 is 13.1. The highest BCUT2D eigenvalue weighted by Crippen LogP contribution is 2.16. The van der Waals surface area contributed by atoms with E-state index in [0.29, 0.717) is 29.3 Å². The molecule has 0 radical (unpaired) electrons. The van der Waals surface area contributed by atoms with Gasteiger partial charge in [-0.05, 0) is 36.2 Å². The molecule has 3 rings (SSSR count). The van der Waals surface area contributed by atoms with Crippen molar-refractivity contribution in [2.75, 3.05) is 5.32 Å². The number of benzene rings is 2. The van der Waals surface area contributed by atoms with Crippen LogP contribution in [0.15, 0.2) is 48.5 Å². The summed E-state index contributed by atoms with van der Waals surface area (Å²) in [7, 11) is 0. The third kappa shape index (κ3) is 4.04. The van der Waals surface area contributed by atoms with E-state index >= 15 is 0 Å². The van der Waals surface area contributed by atoms with Crippen LogP contribution in [0.4, 0.5) is 10.1 Å². The molecule has 0 bridgehead atoms. The Bertz CT molecular complexity index is 845. The lowest BCUT2D eigenvalue weighted by molar-refractivity contribution is -0.115. The monoisotopic (exact) mass is 324 g/mol. The van der Waals surface area contributed by atoms with Crippen LogP contribution < -0.4 is 5.32 Å². The van der Waals surface area contributed by atoms with Gasteiger partial charge in [0.05, 0.1) is 6.42 Å². The van der Waals surface area contributed by atoms with E-state index in [-0.39, 0.29) is 18.1 Å². The van der Waals surface area contributed by atoms with Gasteiger partial charge < -0.3 is 5.32 Å². The summed E-state index contributed by atoms with van der Waals surface area (Å²) >= 11 is 0. The van der Waals surface area contributed by atoms with Crippen LogP contribution in [0.3, 0.4) is 0 Å². The van der Waals surface area contributed by atoms with Crippen molar-refractivity contribution in [2.45, 2.75) is 19.8 Å². The largest absolute Gasteiger partial charge is 0.325 e. The molecule has 0 aliphatic rings. The number of halogens is 1. The molecule has 2 N–H and O–H groups in total. The van der Waals surface area contributed by atoms with Crippen LogP contribution in [-0.2, 0) is 17.6 Å². The first-order valence-corrected chi connectivity index (χ1v) is 7.60.